The smallest absolute Gasteiger partial charge is 0.164 e. The predicted molar refractivity (Wildman–Crippen MR) is 72.4 cm³/mol. The van der Waals surface area contributed by atoms with E-state index < -0.39 is 5.79 Å². The maximum atomic E-state index is 11.0. The van der Waals surface area contributed by atoms with Crippen molar-refractivity contribution in [3.63, 3.8) is 0 Å². The van der Waals surface area contributed by atoms with Gasteiger partial charge in [-0.3, -0.25) is 0 Å². The standard InChI is InChI=1S/C15H28O3/c1-11(16)9-8-10-12-15(7,13(2,3)4)18-14(5,6)17-12/h12H,8-10H2,1-7H3. The summed E-state index contributed by atoms with van der Waals surface area (Å²) in [6.07, 6.45) is 2.41. The molecule has 0 aromatic heterocycles. The molecular formula is C15H28O3. The molecule has 2 unspecified atom stereocenters. The largest absolute Gasteiger partial charge is 0.344 e. The van der Waals surface area contributed by atoms with E-state index in [1.54, 1.807) is 6.92 Å². The second-order valence-electron chi connectivity index (χ2n) is 7.06. The molecule has 0 radical (unpaired) electrons. The molecule has 0 saturated carbocycles. The molecule has 18 heavy (non-hydrogen) atoms. The quantitative estimate of drug-likeness (QED) is 0.769. The Morgan fingerprint density at radius 1 is 1.22 bits per heavy atom. The molecular weight excluding hydrogens is 228 g/mol. The maximum absolute atomic E-state index is 11.0. The number of carbonyl (C=O) groups excluding carboxylic acids is 1. The summed E-state index contributed by atoms with van der Waals surface area (Å²) in [5.74, 6) is -0.297. The summed E-state index contributed by atoms with van der Waals surface area (Å²) in [7, 11) is 0. The van der Waals surface area contributed by atoms with Crippen LogP contribution < -0.4 is 0 Å². The molecule has 0 aromatic rings. The van der Waals surface area contributed by atoms with Crippen LogP contribution in [0.3, 0.4) is 0 Å². The molecule has 1 saturated heterocycles. The van der Waals surface area contributed by atoms with Gasteiger partial charge in [-0.05, 0) is 46.0 Å². The van der Waals surface area contributed by atoms with Crippen molar-refractivity contribution in [2.24, 2.45) is 5.41 Å². The first-order valence-electron chi connectivity index (χ1n) is 6.85. The average Bonchev–Trinajstić information content (AvgIpc) is 2.35. The Balaban J connectivity index is 2.77. The van der Waals surface area contributed by atoms with E-state index in [1.807, 2.05) is 13.8 Å². The minimum absolute atomic E-state index is 0.00165. The summed E-state index contributed by atoms with van der Waals surface area (Å²) in [4.78, 5) is 11.0. The second kappa shape index (κ2) is 4.93. The van der Waals surface area contributed by atoms with Crippen LogP contribution in [0.4, 0.5) is 0 Å². The maximum Gasteiger partial charge on any atom is 0.164 e. The van der Waals surface area contributed by atoms with Crippen LogP contribution in [-0.2, 0) is 14.3 Å². The molecule has 1 heterocycles. The van der Waals surface area contributed by atoms with Crippen LogP contribution in [0.1, 0.15) is 67.7 Å². The van der Waals surface area contributed by atoms with Crippen molar-refractivity contribution < 1.29 is 14.3 Å². The molecule has 0 aromatic carbocycles. The van der Waals surface area contributed by atoms with Gasteiger partial charge in [-0.1, -0.05) is 20.8 Å². The van der Waals surface area contributed by atoms with Crippen molar-refractivity contribution in [3.05, 3.63) is 0 Å². The number of hydrogen-bond acceptors (Lipinski definition) is 3. The Bertz CT molecular complexity index is 314. The van der Waals surface area contributed by atoms with Gasteiger partial charge in [-0.25, -0.2) is 0 Å². The topological polar surface area (TPSA) is 35.5 Å². The summed E-state index contributed by atoms with van der Waals surface area (Å²) in [5, 5.41) is 0. The number of hydrogen-bond donors (Lipinski definition) is 0. The summed E-state index contributed by atoms with van der Waals surface area (Å²) in [5.41, 5.74) is -0.311. The number of ether oxygens (including phenoxy) is 2. The van der Waals surface area contributed by atoms with Crippen molar-refractivity contribution in [1.29, 1.82) is 0 Å². The first-order chi connectivity index (χ1) is 7.98. The molecule has 0 amide bonds. The monoisotopic (exact) mass is 256 g/mol. The highest BCUT2D eigenvalue weighted by molar-refractivity contribution is 5.75. The molecule has 0 spiro atoms. The molecule has 1 aliphatic heterocycles. The fourth-order valence-electron chi connectivity index (χ4n) is 2.56. The normalized spacial score (nSPS) is 31.6. The van der Waals surface area contributed by atoms with Crippen molar-refractivity contribution in [1.82, 2.24) is 0 Å². The third-order valence-corrected chi connectivity index (χ3v) is 3.98. The van der Waals surface area contributed by atoms with Gasteiger partial charge >= 0.3 is 0 Å². The molecule has 1 fully saturated rings. The summed E-state index contributed by atoms with van der Waals surface area (Å²) >= 11 is 0. The SMILES string of the molecule is CC(=O)CCCC1OC(C)(C)OC1(C)C(C)(C)C. The average molecular weight is 256 g/mol. The highest BCUT2D eigenvalue weighted by atomic mass is 16.8. The lowest BCUT2D eigenvalue weighted by atomic mass is 9.73. The fourth-order valence-corrected chi connectivity index (χ4v) is 2.56. The van der Waals surface area contributed by atoms with Gasteiger partial charge < -0.3 is 14.3 Å². The van der Waals surface area contributed by atoms with E-state index in [9.17, 15) is 4.79 Å². The highest BCUT2D eigenvalue weighted by Crippen LogP contribution is 2.48. The van der Waals surface area contributed by atoms with E-state index in [0.29, 0.717) is 6.42 Å². The van der Waals surface area contributed by atoms with E-state index >= 15 is 0 Å². The molecule has 3 heteroatoms. The number of Topliss-reactive ketones (excluding diaryl/α,β-unsaturated/α-hetero) is 1. The van der Waals surface area contributed by atoms with Crippen molar-refractivity contribution >= 4 is 5.78 Å². The molecule has 0 bridgehead atoms. The lowest BCUT2D eigenvalue weighted by molar-refractivity contribution is -0.178. The van der Waals surface area contributed by atoms with Crippen LogP contribution in [-0.4, -0.2) is 23.3 Å². The van der Waals surface area contributed by atoms with Gasteiger partial charge in [-0.2, -0.15) is 0 Å². The highest BCUT2D eigenvalue weighted by Gasteiger charge is 2.55. The van der Waals surface area contributed by atoms with Crippen LogP contribution in [0, 0.1) is 5.41 Å². The molecule has 3 nitrogen and oxygen atoms in total. The Morgan fingerprint density at radius 2 is 1.78 bits per heavy atom. The first kappa shape index (κ1) is 15.6. The van der Waals surface area contributed by atoms with Crippen LogP contribution in [0.2, 0.25) is 0 Å². The van der Waals surface area contributed by atoms with Gasteiger partial charge in [0, 0.05) is 6.42 Å². The number of ketones is 1. The van der Waals surface area contributed by atoms with E-state index in [0.717, 1.165) is 12.8 Å². The molecule has 1 rings (SSSR count). The molecule has 0 N–H and O–H groups in total. The van der Waals surface area contributed by atoms with E-state index in [-0.39, 0.29) is 22.9 Å². The fraction of sp³-hybridized carbons (Fsp3) is 0.933. The summed E-state index contributed by atoms with van der Waals surface area (Å²) in [6.45, 7) is 14.2. The van der Waals surface area contributed by atoms with Gasteiger partial charge in [0.05, 0.1) is 11.7 Å². The van der Waals surface area contributed by atoms with Crippen LogP contribution in [0.15, 0.2) is 0 Å². The van der Waals surface area contributed by atoms with Crippen LogP contribution in [0.5, 0.6) is 0 Å². The summed E-state index contributed by atoms with van der Waals surface area (Å²) in [6, 6.07) is 0. The van der Waals surface area contributed by atoms with Crippen molar-refractivity contribution in [2.75, 3.05) is 0 Å². The van der Waals surface area contributed by atoms with E-state index in [1.165, 1.54) is 0 Å². The Labute approximate surface area is 111 Å². The molecule has 1 aliphatic rings. The zero-order valence-electron chi connectivity index (χ0n) is 12.9. The lowest BCUT2D eigenvalue weighted by Crippen LogP contribution is -2.48. The first-order valence-corrected chi connectivity index (χ1v) is 6.85. The summed E-state index contributed by atoms with van der Waals surface area (Å²) < 4.78 is 12.2. The number of rotatable bonds is 4. The van der Waals surface area contributed by atoms with Gasteiger partial charge in [0.1, 0.15) is 5.78 Å². The zero-order chi connectivity index (χ0) is 14.2. The van der Waals surface area contributed by atoms with Gasteiger partial charge in [0.2, 0.25) is 0 Å². The van der Waals surface area contributed by atoms with Gasteiger partial charge in [0.25, 0.3) is 0 Å². The third kappa shape index (κ3) is 3.33. The van der Waals surface area contributed by atoms with Crippen molar-refractivity contribution in [3.8, 4) is 0 Å². The molecule has 0 aliphatic carbocycles. The lowest BCUT2D eigenvalue weighted by Gasteiger charge is -2.41. The van der Waals surface area contributed by atoms with Crippen LogP contribution in [0.25, 0.3) is 0 Å². The third-order valence-electron chi connectivity index (χ3n) is 3.98. The van der Waals surface area contributed by atoms with E-state index in [4.69, 9.17) is 9.47 Å². The Hall–Kier alpha value is -0.410. The van der Waals surface area contributed by atoms with E-state index in [2.05, 4.69) is 27.7 Å². The predicted octanol–water partition coefficient (Wildman–Crippen LogP) is 3.70. The van der Waals surface area contributed by atoms with Crippen LogP contribution >= 0.6 is 0 Å². The van der Waals surface area contributed by atoms with Gasteiger partial charge in [-0.15, -0.1) is 0 Å². The Kier molecular flexibility index (Phi) is 4.29. The molecule has 2 atom stereocenters. The van der Waals surface area contributed by atoms with Crippen molar-refractivity contribution in [2.45, 2.75) is 85.2 Å². The second-order valence-corrected chi connectivity index (χ2v) is 7.06. The minimum atomic E-state index is -0.539. The minimum Gasteiger partial charge on any atom is -0.344 e. The van der Waals surface area contributed by atoms with Gasteiger partial charge in [0.15, 0.2) is 5.79 Å². The molecule has 106 valence electrons. The zero-order valence-corrected chi connectivity index (χ0v) is 12.9. The Morgan fingerprint density at radius 3 is 2.22 bits per heavy atom. The number of carbonyl (C=O) groups is 1.